The maximum Gasteiger partial charge on any atom is 0.326 e. The van der Waals surface area contributed by atoms with Crippen LogP contribution in [0, 0.1) is 37.9 Å². The van der Waals surface area contributed by atoms with E-state index in [1.807, 2.05) is 0 Å². The van der Waals surface area contributed by atoms with Crippen molar-refractivity contribution in [3.8, 4) is 0 Å². The molecule has 11 amide bonds. The number of para-hydroxylation sites is 3. The molecule has 8 aromatic rings. The number of nitrogens with two attached hydrogens (primary N) is 8. The highest BCUT2D eigenvalue weighted by atomic mass is 16.4. The Morgan fingerprint density at radius 2 is 0.437 bits per heavy atom. The summed E-state index contributed by atoms with van der Waals surface area (Å²) in [6.45, 7) is 0.255. The first kappa shape index (κ1) is 111. The van der Waals surface area contributed by atoms with Crippen molar-refractivity contribution in [2.75, 3.05) is 45.8 Å². The third kappa shape index (κ3) is 37.9. The van der Waals surface area contributed by atoms with Crippen molar-refractivity contribution < 1.29 is 62.6 Å². The van der Waals surface area contributed by atoms with Gasteiger partial charge in [-0.15, -0.1) is 0 Å². The Morgan fingerprint density at radius 1 is 0.246 bits per heavy atom. The Hall–Kier alpha value is -16.8. The number of guanidine groups is 7. The third-order valence-electron chi connectivity index (χ3n) is 23.1. The van der Waals surface area contributed by atoms with Crippen molar-refractivity contribution in [1.29, 1.82) is 37.9 Å². The average Bonchev–Trinajstić information content (AvgIpc) is 1.67. The summed E-state index contributed by atoms with van der Waals surface area (Å²) in [5.74, 6) is -14.4. The molecule has 0 saturated carbocycles. The number of H-pyrrole nitrogens is 3. The summed E-state index contributed by atoms with van der Waals surface area (Å²) in [7, 11) is 0. The minimum Gasteiger partial charge on any atom is -0.480 e. The van der Waals surface area contributed by atoms with Gasteiger partial charge >= 0.3 is 5.97 Å². The first-order valence-corrected chi connectivity index (χ1v) is 46.6. The molecule has 0 bridgehead atoms. The lowest BCUT2D eigenvalue weighted by atomic mass is 10.0. The van der Waals surface area contributed by atoms with Crippen LogP contribution in [0.25, 0.3) is 32.7 Å². The van der Waals surface area contributed by atoms with Crippen LogP contribution in [0.4, 0.5) is 0 Å². The Kier molecular flexibility index (Phi) is 44.7. The standard InChI is InChI=1S/C93H134N36O13/c94-60(27-13-37-109-87(95)96)75(130)119-64(31-14-38-110-88(97)98)78(133)128-73(47-55-50-117-62-29-11-8-25-58(55)62)84(139)125-70(44-52-20-3-1-4-21-52)81(136)122-65(32-15-39-111-89(99)100)76(131)120-67(34-17-41-113-91(103)104)79(134)127-72(46-54-49-116-61-28-10-7-24-57(54)61)83(138)123-66(33-16-40-112-90(101)102)77(132)121-68(35-18-42-114-92(105)106)80(135)129-74(48-56-51-118-63-30-12-9-26-59(56)63)85(140)126-71(45-53-22-5-2-6-23-53)82(137)124-69(86(141)142)36-19-43-115-93(107)108/h1-12,20-26,28-30,49-51,60,64-74,116-118H,13-19,27,31-48,94H2,(H,119,130)(H,120,131)(H,121,132)(H,122,136)(H,123,138)(H,124,137)(H,125,139)(H,126,140)(H,127,134)(H,128,133)(H,129,135)(H,141,142)(H4,95,96,109)(H4,97,98,110)(H4,99,100,111)(H4,101,102,112)(H4,103,104,113)(H4,105,106,114)(H4,107,108,115)/t60-,64-,65-,66-,67-,68-,69-,70-,71-,72-,73-,74-/m0/s1. The number of aromatic nitrogens is 3. The van der Waals surface area contributed by atoms with Gasteiger partial charge in [-0.2, -0.15) is 0 Å². The average molecular weight is 1960 g/mol. The SMILES string of the molecule is N=C(N)NCCC[C@H](NC(=O)[C@H](Cc1ccccc1)NC(=O)[C@H](Cc1c[nH]c2ccccc12)NC(=O)[C@H](CCCNC(=N)N)NC(=O)[C@H](CCCNC(=N)N)NC(=O)[C@H](Cc1c[nH]c2ccccc12)NC(=O)[C@H](CCCNC(=N)N)NC(=O)[C@H](CCCNC(=N)N)NC(=O)[C@H](Cc1ccccc1)NC(=O)[C@H](Cc1c[nH]c2ccccc12)NC(=O)[C@H](CCCNC(=N)N)NC(=O)[C@@H](N)CCCNC(=N)N)C(=O)O. The molecule has 3 aromatic heterocycles. The second-order valence-electron chi connectivity index (χ2n) is 34.1. The van der Waals surface area contributed by atoms with Crippen LogP contribution in [0.2, 0.25) is 0 Å². The van der Waals surface area contributed by atoms with Crippen LogP contribution >= 0.6 is 0 Å². The number of aliphatic carboxylic acids is 1. The molecule has 49 nitrogen and oxygen atoms in total. The van der Waals surface area contributed by atoms with Gasteiger partial charge in [-0.1, -0.05) is 115 Å². The first-order valence-electron chi connectivity index (χ1n) is 46.6. The number of carbonyl (C=O) groups excluding carboxylic acids is 11. The van der Waals surface area contributed by atoms with E-state index in [9.17, 15) is 24.3 Å². The summed E-state index contributed by atoms with van der Waals surface area (Å²) < 4.78 is 0. The number of hydrogen-bond donors (Lipinski definition) is 37. The summed E-state index contributed by atoms with van der Waals surface area (Å²) in [5, 5.41) is 116. The molecule has 0 aliphatic rings. The molecule has 5 aromatic carbocycles. The van der Waals surface area contributed by atoms with Gasteiger partial charge < -0.3 is 162 Å². The number of nitrogens with one attached hydrogen (secondary N) is 28. The minimum absolute atomic E-state index is 0.00518. The zero-order valence-electron chi connectivity index (χ0n) is 78.7. The first-order chi connectivity index (χ1) is 68.0. The van der Waals surface area contributed by atoms with Crippen LogP contribution in [0.5, 0.6) is 0 Å². The van der Waals surface area contributed by atoms with E-state index < -0.39 is 167 Å². The fourth-order valence-electron chi connectivity index (χ4n) is 15.8. The molecule has 0 aliphatic carbocycles. The Labute approximate surface area is 818 Å². The lowest BCUT2D eigenvalue weighted by Gasteiger charge is -2.29. The number of fused-ring (bicyclic) bond motifs is 3. The summed E-state index contributed by atoms with van der Waals surface area (Å²) in [4.78, 5) is 190. The number of amides is 11. The second-order valence-corrected chi connectivity index (χ2v) is 34.1. The number of benzene rings is 5. The van der Waals surface area contributed by atoms with Gasteiger partial charge in [0.25, 0.3) is 0 Å². The molecule has 0 saturated heterocycles. The second kappa shape index (κ2) is 57.4. The molecule has 0 radical (unpaired) electrons. The van der Waals surface area contributed by atoms with Gasteiger partial charge in [0.2, 0.25) is 65.0 Å². The largest absolute Gasteiger partial charge is 0.480 e. The van der Waals surface area contributed by atoms with Crippen molar-refractivity contribution >= 4 is 145 Å². The monoisotopic (exact) mass is 1960 g/mol. The summed E-state index contributed by atoms with van der Waals surface area (Å²) >= 11 is 0. The smallest absolute Gasteiger partial charge is 0.326 e. The van der Waals surface area contributed by atoms with Gasteiger partial charge in [-0.3, -0.25) is 90.6 Å². The normalized spacial score (nSPS) is 13.6. The van der Waals surface area contributed by atoms with Crippen LogP contribution in [0.15, 0.2) is 152 Å². The fourth-order valence-corrected chi connectivity index (χ4v) is 15.8. The molecule has 8 rings (SSSR count). The molecule has 49 heteroatoms. The number of aromatic amines is 3. The molecular weight excluding hydrogens is 1830 g/mol. The summed E-state index contributed by atoms with van der Waals surface area (Å²) in [6, 6.07) is 19.9. The van der Waals surface area contributed by atoms with Crippen LogP contribution in [-0.4, -0.2) is 251 Å². The molecule has 764 valence electrons. The summed E-state index contributed by atoms with van der Waals surface area (Å²) in [5.41, 5.74) is 50.2. The number of hydrogen-bond acceptors (Lipinski definition) is 20. The molecular formula is C93H134N36O13. The molecule has 0 spiro atoms. The molecule has 0 fully saturated rings. The van der Waals surface area contributed by atoms with Gasteiger partial charge in [0, 0.05) is 129 Å². The van der Waals surface area contributed by atoms with Crippen molar-refractivity contribution in [2.24, 2.45) is 45.9 Å². The third-order valence-corrected chi connectivity index (χ3v) is 23.1. The molecule has 3 heterocycles. The van der Waals surface area contributed by atoms with E-state index in [0.29, 0.717) is 66.9 Å². The van der Waals surface area contributed by atoms with Crippen molar-refractivity contribution in [3.63, 3.8) is 0 Å². The number of carbonyl (C=O) groups is 12. The topological polar surface area (TPSA) is 864 Å². The van der Waals surface area contributed by atoms with Gasteiger partial charge in [0.15, 0.2) is 41.7 Å². The highest BCUT2D eigenvalue weighted by molar-refractivity contribution is 6.01. The van der Waals surface area contributed by atoms with Gasteiger partial charge in [-0.05, 0) is 136 Å². The van der Waals surface area contributed by atoms with Crippen LogP contribution in [-0.2, 0) is 89.6 Å². The zero-order chi connectivity index (χ0) is 103. The van der Waals surface area contributed by atoms with Crippen molar-refractivity contribution in [3.05, 3.63) is 180 Å². The molecule has 12 atom stereocenters. The number of rotatable bonds is 61. The number of carboxylic acid groups (broad SMARTS) is 1. The number of carboxylic acids is 1. The van der Waals surface area contributed by atoms with Crippen LogP contribution in [0.3, 0.4) is 0 Å². The van der Waals surface area contributed by atoms with E-state index in [0.717, 1.165) is 0 Å². The van der Waals surface area contributed by atoms with E-state index in [1.165, 1.54) is 0 Å². The van der Waals surface area contributed by atoms with Gasteiger partial charge in [-0.25, -0.2) is 4.79 Å². The maximum absolute atomic E-state index is 15.8. The predicted molar refractivity (Wildman–Crippen MR) is 537 cm³/mol. The van der Waals surface area contributed by atoms with Crippen molar-refractivity contribution in [1.82, 2.24) is 111 Å². The lowest BCUT2D eigenvalue weighted by molar-refractivity contribution is -0.142. The Balaban J connectivity index is 1.12. The van der Waals surface area contributed by atoms with Gasteiger partial charge in [0.05, 0.1) is 6.04 Å². The molecule has 0 unspecified atom stereocenters. The lowest BCUT2D eigenvalue weighted by Crippen LogP contribution is -2.61. The highest BCUT2D eigenvalue weighted by Gasteiger charge is 2.39. The maximum atomic E-state index is 15.8. The molecule has 0 aliphatic heterocycles. The van der Waals surface area contributed by atoms with Crippen LogP contribution in [0.1, 0.15) is 118 Å². The van der Waals surface area contributed by atoms with E-state index in [1.54, 1.807) is 152 Å². The van der Waals surface area contributed by atoms with E-state index >= 15 is 38.4 Å². The quantitative estimate of drug-likeness (QED) is 0.00988. The van der Waals surface area contributed by atoms with E-state index in [2.05, 4.69) is 111 Å². The summed E-state index contributed by atoms with van der Waals surface area (Å²) in [6.07, 6.45) is 3.22. The highest BCUT2D eigenvalue weighted by Crippen LogP contribution is 2.24. The van der Waals surface area contributed by atoms with Gasteiger partial charge in [0.1, 0.15) is 66.5 Å². The Bertz CT molecular complexity index is 5660. The Morgan fingerprint density at radius 3 is 0.676 bits per heavy atom. The van der Waals surface area contributed by atoms with Crippen molar-refractivity contribution in [2.45, 2.75) is 194 Å². The minimum atomic E-state index is -1.68. The predicted octanol–water partition coefficient (Wildman–Crippen LogP) is -3.77. The molecule has 142 heavy (non-hydrogen) atoms. The van der Waals surface area contributed by atoms with E-state index in [4.69, 9.17) is 83.7 Å². The fraction of sp³-hybridized carbons (Fsp3) is 0.409. The van der Waals surface area contributed by atoms with E-state index in [-0.39, 0.29) is 179 Å². The van der Waals surface area contributed by atoms with Crippen LogP contribution < -0.4 is 142 Å². The molecule has 45 N–H and O–H groups in total. The zero-order valence-corrected chi connectivity index (χ0v) is 78.7.